The highest BCUT2D eigenvalue weighted by atomic mass is 35.5. The molecule has 0 atom stereocenters. The summed E-state index contributed by atoms with van der Waals surface area (Å²) >= 11 is 6.11. The highest BCUT2D eigenvalue weighted by Crippen LogP contribution is 2.16. The Morgan fingerprint density at radius 1 is 1.37 bits per heavy atom. The van der Waals surface area contributed by atoms with Crippen LogP contribution >= 0.6 is 11.6 Å². The molecule has 0 saturated heterocycles. The Hall–Kier alpha value is -1.39. The normalized spacial score (nSPS) is 11.2. The number of aromatic nitrogens is 3. The van der Waals surface area contributed by atoms with E-state index >= 15 is 0 Å². The standard InChI is InChI=1S/C14H19ClN4/c1-10-13(11(2)18-17-10)5-7-19(3)9-12-4-6-16-8-14(12)15/h4,6,8H,5,7,9H2,1-3H3,(H,17,18). The fourth-order valence-electron chi connectivity index (χ4n) is 2.15. The van der Waals surface area contributed by atoms with Gasteiger partial charge >= 0.3 is 0 Å². The highest BCUT2D eigenvalue weighted by molar-refractivity contribution is 6.31. The molecular formula is C14H19ClN4. The molecule has 19 heavy (non-hydrogen) atoms. The minimum absolute atomic E-state index is 0.727. The lowest BCUT2D eigenvalue weighted by atomic mass is 10.1. The molecule has 2 heterocycles. The lowest BCUT2D eigenvalue weighted by Crippen LogP contribution is -2.21. The SMILES string of the molecule is Cc1n[nH]c(C)c1CCN(C)Cc1ccncc1Cl. The maximum atomic E-state index is 6.11. The van der Waals surface area contributed by atoms with E-state index in [2.05, 4.69) is 34.1 Å². The molecule has 0 saturated carbocycles. The van der Waals surface area contributed by atoms with Crippen LogP contribution in [0.4, 0.5) is 0 Å². The van der Waals surface area contributed by atoms with Crippen LogP contribution < -0.4 is 0 Å². The molecule has 0 fully saturated rings. The number of likely N-dealkylation sites (N-methyl/N-ethyl adjacent to an activating group) is 1. The summed E-state index contributed by atoms with van der Waals surface area (Å²) in [5.41, 5.74) is 4.67. The van der Waals surface area contributed by atoms with Gasteiger partial charge in [0.05, 0.1) is 10.7 Å². The third-order valence-corrected chi connectivity index (χ3v) is 3.66. The zero-order chi connectivity index (χ0) is 13.8. The van der Waals surface area contributed by atoms with Crippen molar-refractivity contribution in [3.05, 3.63) is 46.0 Å². The van der Waals surface area contributed by atoms with E-state index in [0.717, 1.165) is 41.5 Å². The van der Waals surface area contributed by atoms with Crippen molar-refractivity contribution in [1.29, 1.82) is 0 Å². The van der Waals surface area contributed by atoms with Crippen LogP contribution in [0.1, 0.15) is 22.5 Å². The smallest absolute Gasteiger partial charge is 0.0634 e. The van der Waals surface area contributed by atoms with E-state index in [4.69, 9.17) is 11.6 Å². The van der Waals surface area contributed by atoms with Gasteiger partial charge in [0.2, 0.25) is 0 Å². The zero-order valence-electron chi connectivity index (χ0n) is 11.6. The Kier molecular flexibility index (Phi) is 4.56. The number of pyridine rings is 1. The van der Waals surface area contributed by atoms with E-state index in [1.54, 1.807) is 12.4 Å². The predicted octanol–water partition coefficient (Wildman–Crippen LogP) is 2.75. The molecule has 2 aromatic rings. The van der Waals surface area contributed by atoms with E-state index in [0.29, 0.717) is 0 Å². The van der Waals surface area contributed by atoms with Crippen molar-refractivity contribution in [2.75, 3.05) is 13.6 Å². The molecule has 0 aliphatic heterocycles. The molecule has 0 spiro atoms. The monoisotopic (exact) mass is 278 g/mol. The number of H-pyrrole nitrogens is 1. The minimum atomic E-state index is 0.727. The maximum Gasteiger partial charge on any atom is 0.0634 e. The summed E-state index contributed by atoms with van der Waals surface area (Å²) < 4.78 is 0. The van der Waals surface area contributed by atoms with Crippen molar-refractivity contribution >= 4 is 11.6 Å². The Balaban J connectivity index is 1.92. The third-order valence-electron chi connectivity index (χ3n) is 3.32. The van der Waals surface area contributed by atoms with E-state index in [1.807, 2.05) is 13.0 Å². The van der Waals surface area contributed by atoms with Crippen molar-refractivity contribution in [1.82, 2.24) is 20.1 Å². The fourth-order valence-corrected chi connectivity index (χ4v) is 2.33. The second-order valence-corrected chi connectivity index (χ2v) is 5.27. The first-order chi connectivity index (χ1) is 9.08. The van der Waals surface area contributed by atoms with Gasteiger partial charge in [-0.1, -0.05) is 11.6 Å². The van der Waals surface area contributed by atoms with E-state index in [1.165, 1.54) is 5.56 Å². The first-order valence-corrected chi connectivity index (χ1v) is 6.73. The van der Waals surface area contributed by atoms with Crippen LogP contribution in [0.3, 0.4) is 0 Å². The molecule has 0 aromatic carbocycles. The minimum Gasteiger partial charge on any atom is -0.302 e. The highest BCUT2D eigenvalue weighted by Gasteiger charge is 2.09. The summed E-state index contributed by atoms with van der Waals surface area (Å²) in [6, 6.07) is 1.97. The van der Waals surface area contributed by atoms with Gasteiger partial charge in [0, 0.05) is 31.2 Å². The Bertz CT molecular complexity index is 531. The summed E-state index contributed by atoms with van der Waals surface area (Å²) in [6.45, 7) is 5.91. The van der Waals surface area contributed by atoms with Crippen LogP contribution in [0, 0.1) is 13.8 Å². The van der Waals surface area contributed by atoms with Crippen molar-refractivity contribution in [2.24, 2.45) is 0 Å². The molecule has 5 heteroatoms. The van der Waals surface area contributed by atoms with Crippen LogP contribution in [0.25, 0.3) is 0 Å². The number of rotatable bonds is 5. The lowest BCUT2D eigenvalue weighted by Gasteiger charge is -2.17. The molecule has 2 rings (SSSR count). The van der Waals surface area contributed by atoms with Gasteiger partial charge in [-0.05, 0) is 44.5 Å². The van der Waals surface area contributed by atoms with E-state index < -0.39 is 0 Å². The molecule has 0 unspecified atom stereocenters. The molecule has 0 bridgehead atoms. The molecule has 1 N–H and O–H groups in total. The van der Waals surface area contributed by atoms with Crippen LogP contribution in [-0.2, 0) is 13.0 Å². The van der Waals surface area contributed by atoms with Gasteiger partial charge in [-0.2, -0.15) is 5.10 Å². The Morgan fingerprint density at radius 2 is 2.16 bits per heavy atom. The number of hydrogen-bond acceptors (Lipinski definition) is 3. The molecule has 0 aliphatic rings. The van der Waals surface area contributed by atoms with Crippen molar-refractivity contribution in [3.8, 4) is 0 Å². The molecule has 2 aromatic heterocycles. The van der Waals surface area contributed by atoms with Gasteiger partial charge in [-0.3, -0.25) is 10.1 Å². The summed E-state index contributed by atoms with van der Waals surface area (Å²) in [6.07, 6.45) is 4.46. The largest absolute Gasteiger partial charge is 0.302 e. The summed E-state index contributed by atoms with van der Waals surface area (Å²) in [7, 11) is 2.10. The molecule has 0 amide bonds. The number of hydrogen-bond donors (Lipinski definition) is 1. The van der Waals surface area contributed by atoms with Gasteiger partial charge in [0.15, 0.2) is 0 Å². The van der Waals surface area contributed by atoms with Crippen LogP contribution in [0.15, 0.2) is 18.5 Å². The predicted molar refractivity (Wildman–Crippen MR) is 77.3 cm³/mol. The van der Waals surface area contributed by atoms with E-state index in [9.17, 15) is 0 Å². The summed E-state index contributed by atoms with van der Waals surface area (Å²) in [5.74, 6) is 0. The topological polar surface area (TPSA) is 44.8 Å². The first kappa shape index (κ1) is 14.0. The third kappa shape index (κ3) is 3.55. The van der Waals surface area contributed by atoms with E-state index in [-0.39, 0.29) is 0 Å². The van der Waals surface area contributed by atoms with Crippen LogP contribution in [-0.4, -0.2) is 33.7 Å². The van der Waals surface area contributed by atoms with Gasteiger partial charge < -0.3 is 4.90 Å². The zero-order valence-corrected chi connectivity index (χ0v) is 12.3. The molecule has 102 valence electrons. The summed E-state index contributed by atoms with van der Waals surface area (Å²) in [5, 5.41) is 7.97. The number of aromatic amines is 1. The van der Waals surface area contributed by atoms with Gasteiger partial charge in [0.25, 0.3) is 0 Å². The van der Waals surface area contributed by atoms with Gasteiger partial charge in [-0.15, -0.1) is 0 Å². The second-order valence-electron chi connectivity index (χ2n) is 4.87. The number of aryl methyl sites for hydroxylation is 2. The van der Waals surface area contributed by atoms with Crippen LogP contribution in [0.2, 0.25) is 5.02 Å². The Morgan fingerprint density at radius 3 is 2.79 bits per heavy atom. The lowest BCUT2D eigenvalue weighted by molar-refractivity contribution is 0.331. The number of nitrogens with zero attached hydrogens (tertiary/aromatic N) is 3. The molecular weight excluding hydrogens is 260 g/mol. The van der Waals surface area contributed by atoms with Crippen LogP contribution in [0.5, 0.6) is 0 Å². The second kappa shape index (κ2) is 6.17. The first-order valence-electron chi connectivity index (χ1n) is 6.35. The summed E-state index contributed by atoms with van der Waals surface area (Å²) in [4.78, 5) is 6.26. The quantitative estimate of drug-likeness (QED) is 0.915. The average molecular weight is 279 g/mol. The number of halogens is 1. The van der Waals surface area contributed by atoms with Gasteiger partial charge in [-0.25, -0.2) is 0 Å². The van der Waals surface area contributed by atoms with Gasteiger partial charge in [0.1, 0.15) is 0 Å². The molecule has 4 nitrogen and oxygen atoms in total. The van der Waals surface area contributed by atoms with Crippen molar-refractivity contribution < 1.29 is 0 Å². The molecule has 0 radical (unpaired) electrons. The molecule has 0 aliphatic carbocycles. The van der Waals surface area contributed by atoms with Crippen molar-refractivity contribution in [2.45, 2.75) is 26.8 Å². The van der Waals surface area contributed by atoms with Crippen molar-refractivity contribution in [3.63, 3.8) is 0 Å². The number of nitrogens with one attached hydrogen (secondary N) is 1. The Labute approximate surface area is 118 Å². The fraction of sp³-hybridized carbons (Fsp3) is 0.429. The average Bonchev–Trinajstić information content (AvgIpc) is 2.70. The maximum absolute atomic E-state index is 6.11.